The Morgan fingerprint density at radius 1 is 1.40 bits per heavy atom. The van der Waals surface area contributed by atoms with E-state index in [0.717, 1.165) is 29.1 Å². The second kappa shape index (κ2) is 7.61. The van der Waals surface area contributed by atoms with Crippen molar-refractivity contribution >= 4 is 45.9 Å². The van der Waals surface area contributed by atoms with Gasteiger partial charge in [0.25, 0.3) is 0 Å². The number of rotatable bonds is 4. The van der Waals surface area contributed by atoms with E-state index in [9.17, 15) is 5.11 Å². The Morgan fingerprint density at radius 2 is 2.05 bits per heavy atom. The van der Waals surface area contributed by atoms with Gasteiger partial charge in [-0.2, -0.15) is 0 Å². The van der Waals surface area contributed by atoms with Crippen LogP contribution in [-0.2, 0) is 5.60 Å². The van der Waals surface area contributed by atoms with E-state index >= 15 is 0 Å². The molecule has 0 bridgehead atoms. The molecule has 2 rings (SSSR count). The molecular weight excluding hydrogens is 433 g/mol. The molecular formula is C14H21BrIN3O. The fourth-order valence-corrected chi connectivity index (χ4v) is 2.40. The van der Waals surface area contributed by atoms with Gasteiger partial charge in [0.05, 0.1) is 13.1 Å². The van der Waals surface area contributed by atoms with Crippen molar-refractivity contribution in [2.24, 2.45) is 4.99 Å². The summed E-state index contributed by atoms with van der Waals surface area (Å²) in [5, 5.41) is 14.0. The van der Waals surface area contributed by atoms with Crippen LogP contribution in [0.4, 0.5) is 0 Å². The number of halogens is 2. The highest BCUT2D eigenvalue weighted by Gasteiger charge is 2.28. The second-order valence-electron chi connectivity index (χ2n) is 4.87. The largest absolute Gasteiger partial charge is 0.383 e. The van der Waals surface area contributed by atoms with Gasteiger partial charge in [-0.15, -0.1) is 24.0 Å². The Morgan fingerprint density at radius 3 is 2.55 bits per heavy atom. The van der Waals surface area contributed by atoms with Crippen molar-refractivity contribution in [1.82, 2.24) is 10.2 Å². The molecule has 0 spiro atoms. The van der Waals surface area contributed by atoms with E-state index in [0.29, 0.717) is 13.0 Å². The third-order valence-electron chi connectivity index (χ3n) is 3.56. The molecule has 1 aliphatic rings. The predicted octanol–water partition coefficient (Wildman–Crippen LogP) is 2.56. The minimum absolute atomic E-state index is 0. The van der Waals surface area contributed by atoms with Crippen molar-refractivity contribution in [3.8, 4) is 0 Å². The van der Waals surface area contributed by atoms with Crippen LogP contribution < -0.4 is 5.32 Å². The average Bonchev–Trinajstić information content (AvgIpc) is 2.82. The van der Waals surface area contributed by atoms with Crippen LogP contribution in [-0.4, -0.2) is 42.6 Å². The SMILES string of the molecule is CCC(O)(CNC1=NCCN1C)c1ccc(Br)cc1.I. The van der Waals surface area contributed by atoms with Crippen molar-refractivity contribution in [2.75, 3.05) is 26.7 Å². The Labute approximate surface area is 145 Å². The second-order valence-corrected chi connectivity index (χ2v) is 5.79. The Hall–Kier alpha value is -0.340. The number of hydrogen-bond donors (Lipinski definition) is 2. The van der Waals surface area contributed by atoms with Gasteiger partial charge >= 0.3 is 0 Å². The minimum atomic E-state index is -0.868. The number of nitrogens with one attached hydrogen (secondary N) is 1. The highest BCUT2D eigenvalue weighted by molar-refractivity contribution is 14.0. The first-order chi connectivity index (χ1) is 9.05. The van der Waals surface area contributed by atoms with Crippen molar-refractivity contribution in [3.05, 3.63) is 34.3 Å². The zero-order valence-corrected chi connectivity index (χ0v) is 15.7. The normalized spacial score (nSPS) is 17.2. The van der Waals surface area contributed by atoms with Crippen LogP contribution >= 0.6 is 39.9 Å². The van der Waals surface area contributed by atoms with E-state index in [4.69, 9.17) is 0 Å². The molecule has 1 aromatic rings. The lowest BCUT2D eigenvalue weighted by Crippen LogP contribution is -2.44. The predicted molar refractivity (Wildman–Crippen MR) is 96.7 cm³/mol. The molecule has 0 radical (unpaired) electrons. The number of aliphatic imine (C=N–C) groups is 1. The summed E-state index contributed by atoms with van der Waals surface area (Å²) in [5.74, 6) is 0.865. The molecule has 20 heavy (non-hydrogen) atoms. The fourth-order valence-electron chi connectivity index (χ4n) is 2.14. The first-order valence-corrected chi connectivity index (χ1v) is 7.32. The maximum atomic E-state index is 10.8. The summed E-state index contributed by atoms with van der Waals surface area (Å²) >= 11 is 3.41. The van der Waals surface area contributed by atoms with Gasteiger partial charge in [0.15, 0.2) is 5.96 Å². The highest BCUT2D eigenvalue weighted by atomic mass is 127. The van der Waals surface area contributed by atoms with Gasteiger partial charge in [0.2, 0.25) is 0 Å². The lowest BCUT2D eigenvalue weighted by Gasteiger charge is -2.29. The van der Waals surface area contributed by atoms with Crippen LogP contribution in [0.25, 0.3) is 0 Å². The summed E-state index contributed by atoms with van der Waals surface area (Å²) in [4.78, 5) is 6.44. The van der Waals surface area contributed by atoms with Gasteiger partial charge in [-0.1, -0.05) is 35.0 Å². The molecule has 1 aromatic carbocycles. The van der Waals surface area contributed by atoms with Crippen LogP contribution in [0.5, 0.6) is 0 Å². The van der Waals surface area contributed by atoms with Crippen molar-refractivity contribution < 1.29 is 5.11 Å². The average molecular weight is 454 g/mol. The first kappa shape index (κ1) is 17.7. The maximum Gasteiger partial charge on any atom is 0.193 e. The number of hydrogen-bond acceptors (Lipinski definition) is 4. The number of aliphatic hydroxyl groups is 1. The van der Waals surface area contributed by atoms with Crippen molar-refractivity contribution in [1.29, 1.82) is 0 Å². The molecule has 1 aliphatic heterocycles. The molecule has 0 amide bonds. The summed E-state index contributed by atoms with van der Waals surface area (Å²) in [6, 6.07) is 7.81. The molecule has 6 heteroatoms. The molecule has 4 nitrogen and oxygen atoms in total. The molecule has 1 heterocycles. The molecule has 0 fully saturated rings. The van der Waals surface area contributed by atoms with E-state index in [1.807, 2.05) is 38.2 Å². The molecule has 0 aromatic heterocycles. The molecule has 1 atom stereocenters. The maximum absolute atomic E-state index is 10.8. The molecule has 0 aliphatic carbocycles. The summed E-state index contributed by atoms with van der Waals surface area (Å²) in [7, 11) is 2.00. The Kier molecular flexibility index (Phi) is 6.74. The number of benzene rings is 1. The summed E-state index contributed by atoms with van der Waals surface area (Å²) in [5.41, 5.74) is 0.0547. The minimum Gasteiger partial charge on any atom is -0.383 e. The third kappa shape index (κ3) is 4.08. The van der Waals surface area contributed by atoms with Gasteiger partial charge in [-0.3, -0.25) is 4.99 Å². The molecule has 0 saturated heterocycles. The monoisotopic (exact) mass is 453 g/mol. The van der Waals surface area contributed by atoms with Crippen LogP contribution in [0.15, 0.2) is 33.7 Å². The Bertz CT molecular complexity index is 466. The third-order valence-corrected chi connectivity index (χ3v) is 4.09. The van der Waals surface area contributed by atoms with Gasteiger partial charge in [-0.05, 0) is 24.1 Å². The van der Waals surface area contributed by atoms with E-state index < -0.39 is 5.60 Å². The quantitative estimate of drug-likeness (QED) is 0.689. The fraction of sp³-hybridized carbons (Fsp3) is 0.500. The highest BCUT2D eigenvalue weighted by Crippen LogP contribution is 2.25. The first-order valence-electron chi connectivity index (χ1n) is 6.53. The van der Waals surface area contributed by atoms with Gasteiger partial charge in [0.1, 0.15) is 5.60 Å². The summed E-state index contributed by atoms with van der Waals surface area (Å²) in [6.45, 7) is 4.21. The standard InChI is InChI=1S/C14H20BrN3O.HI/c1-3-14(19,11-4-6-12(15)7-5-11)10-17-13-16-8-9-18(13)2;/h4-7,19H,3,8-10H2,1-2H3,(H,16,17);1H. The van der Waals surface area contributed by atoms with E-state index in [1.54, 1.807) is 0 Å². The Balaban J connectivity index is 0.00000200. The lowest BCUT2D eigenvalue weighted by atomic mass is 9.91. The van der Waals surface area contributed by atoms with Gasteiger partial charge in [-0.25, -0.2) is 0 Å². The van der Waals surface area contributed by atoms with Crippen LogP contribution in [0, 0.1) is 0 Å². The molecule has 1 unspecified atom stereocenters. The van der Waals surface area contributed by atoms with Crippen LogP contribution in [0.2, 0.25) is 0 Å². The number of guanidine groups is 1. The smallest absolute Gasteiger partial charge is 0.193 e. The van der Waals surface area contributed by atoms with Crippen molar-refractivity contribution in [2.45, 2.75) is 18.9 Å². The molecule has 112 valence electrons. The molecule has 0 saturated carbocycles. The van der Waals surface area contributed by atoms with Gasteiger partial charge in [0, 0.05) is 18.1 Å². The zero-order valence-electron chi connectivity index (χ0n) is 11.8. The van der Waals surface area contributed by atoms with E-state index in [-0.39, 0.29) is 24.0 Å². The summed E-state index contributed by atoms with van der Waals surface area (Å²) in [6.07, 6.45) is 0.651. The number of likely N-dealkylation sites (N-methyl/N-ethyl adjacent to an activating group) is 1. The van der Waals surface area contributed by atoms with Crippen LogP contribution in [0.3, 0.4) is 0 Å². The summed E-state index contributed by atoms with van der Waals surface area (Å²) < 4.78 is 1.02. The number of nitrogens with zero attached hydrogens (tertiary/aromatic N) is 2. The zero-order chi connectivity index (χ0) is 13.9. The van der Waals surface area contributed by atoms with Gasteiger partial charge < -0.3 is 15.3 Å². The van der Waals surface area contributed by atoms with Crippen molar-refractivity contribution in [3.63, 3.8) is 0 Å². The van der Waals surface area contributed by atoms with Crippen LogP contribution in [0.1, 0.15) is 18.9 Å². The van der Waals surface area contributed by atoms with E-state index in [2.05, 4.69) is 31.1 Å². The topological polar surface area (TPSA) is 47.9 Å². The lowest BCUT2D eigenvalue weighted by molar-refractivity contribution is 0.0366. The molecule has 2 N–H and O–H groups in total. The van der Waals surface area contributed by atoms with E-state index in [1.165, 1.54) is 0 Å².